The van der Waals surface area contributed by atoms with E-state index in [1.807, 2.05) is 264 Å². The van der Waals surface area contributed by atoms with Crippen molar-refractivity contribution in [3.8, 4) is 45.6 Å². The van der Waals surface area contributed by atoms with Gasteiger partial charge in [-0.25, -0.2) is 19.3 Å². The Morgan fingerprint density at radius 1 is 0.243 bits per heavy atom. The van der Waals surface area contributed by atoms with Gasteiger partial charge in [-0.1, -0.05) is 182 Å². The normalized spacial score (nSPS) is 16.8. The maximum atomic E-state index is 17.3. The molecule has 12 nitrogen and oxygen atoms in total. The fourth-order valence-corrected chi connectivity index (χ4v) is 15.4. The van der Waals surface area contributed by atoms with E-state index in [2.05, 4.69) is 0 Å². The molecule has 74 heavy (non-hydrogen) atoms. The summed E-state index contributed by atoms with van der Waals surface area (Å²) in [7, 11) is -8.17. The summed E-state index contributed by atoms with van der Waals surface area (Å²) in [5.41, 5.74) is 7.21. The lowest BCUT2D eigenvalue weighted by Crippen LogP contribution is -2.31. The lowest BCUT2D eigenvalue weighted by Gasteiger charge is -2.34. The molecule has 0 amide bonds. The summed E-state index contributed by atoms with van der Waals surface area (Å²) in [4.78, 5) is 30.6. The molecular weight excluding hydrogens is 955 g/mol. The number of hydrogen-bond acceptors (Lipinski definition) is 8. The van der Waals surface area contributed by atoms with E-state index in [0.717, 1.165) is 22.3 Å². The van der Waals surface area contributed by atoms with Crippen LogP contribution in [0, 0.1) is 0 Å². The Morgan fingerprint density at radius 2 is 0.473 bits per heavy atom. The van der Waals surface area contributed by atoms with Crippen molar-refractivity contribution in [3.63, 3.8) is 0 Å². The molecule has 2 aromatic heterocycles. The van der Waals surface area contributed by atoms with Crippen LogP contribution in [0.2, 0.25) is 0 Å². The maximum absolute atomic E-state index is 17.3. The maximum Gasteiger partial charge on any atom is 0.304 e. The van der Waals surface area contributed by atoms with Gasteiger partial charge in [-0.05, 0) is 72.8 Å². The number of para-hydroxylation sites is 6. The van der Waals surface area contributed by atoms with Crippen molar-refractivity contribution in [1.82, 2.24) is 29.9 Å². The second-order valence-corrected chi connectivity index (χ2v) is 22.3. The highest BCUT2D eigenvalue weighted by Gasteiger charge is 2.53. The zero-order valence-electron chi connectivity index (χ0n) is 39.4. The molecular formula is C60H42N10O2P2. The summed E-state index contributed by atoms with van der Waals surface area (Å²) in [5.74, 6) is 2.11. The summed E-state index contributed by atoms with van der Waals surface area (Å²) in [6, 6.07) is 81.2. The van der Waals surface area contributed by atoms with Crippen LogP contribution in [0.3, 0.4) is 0 Å². The van der Waals surface area contributed by atoms with E-state index in [9.17, 15) is 0 Å². The van der Waals surface area contributed by atoms with Crippen molar-refractivity contribution in [1.29, 1.82) is 0 Å². The minimum absolute atomic E-state index is 0.203. The largest absolute Gasteiger partial charge is 0.304 e. The summed E-state index contributed by atoms with van der Waals surface area (Å²) in [6.07, 6.45) is 0. The minimum atomic E-state index is -4.09. The summed E-state index contributed by atoms with van der Waals surface area (Å²) >= 11 is 0. The predicted molar refractivity (Wildman–Crippen MR) is 297 cm³/mol. The fraction of sp³-hybridized carbons (Fsp3) is 0. The van der Waals surface area contributed by atoms with E-state index in [1.165, 1.54) is 0 Å². The number of aromatic nitrogens is 6. The Balaban J connectivity index is 1.03. The second kappa shape index (κ2) is 18.4. The smallest absolute Gasteiger partial charge is 0.270 e. The summed E-state index contributed by atoms with van der Waals surface area (Å²) in [6.45, 7) is 0. The molecule has 0 saturated carbocycles. The van der Waals surface area contributed by atoms with Gasteiger partial charge in [0.05, 0.1) is 33.4 Å². The van der Waals surface area contributed by atoms with Gasteiger partial charge < -0.3 is 0 Å². The first-order valence-electron chi connectivity index (χ1n) is 24.0. The van der Waals surface area contributed by atoms with Gasteiger partial charge in [0.2, 0.25) is 11.9 Å². The zero-order valence-corrected chi connectivity index (χ0v) is 41.2. The number of anilines is 8. The van der Waals surface area contributed by atoms with E-state index in [0.29, 0.717) is 68.0 Å². The van der Waals surface area contributed by atoms with Crippen LogP contribution in [-0.2, 0) is 9.13 Å². The van der Waals surface area contributed by atoms with Crippen LogP contribution in [0.1, 0.15) is 0 Å². The van der Waals surface area contributed by atoms with Crippen molar-refractivity contribution in [2.75, 3.05) is 18.7 Å². The molecule has 14 heteroatoms. The zero-order chi connectivity index (χ0) is 49.6. The standard InChI is InChI=1S/C60H42N10O2P2/c71-73(67(47-31-15-5-16-32-47)51-35-19-21-37-53(51)69(73)59-63-55(43-23-7-1-8-24-43)61-56(64-59)44-25-9-2-10-26-44)49-39-41-50(42-40-49)74(72)68(48-33-17-6-18-34-48)52-36-20-22-38-54(52)70(74)60-65-57(45-27-11-3-12-28-45)62-58(66-60)46-29-13-4-14-30-46/h1-42H. The minimum Gasteiger partial charge on any atom is -0.270 e. The third-order valence-corrected chi connectivity index (χ3v) is 18.8. The molecule has 4 heterocycles. The molecule has 0 fully saturated rings. The van der Waals surface area contributed by atoms with Crippen LogP contribution in [0.25, 0.3) is 45.6 Å². The Bertz CT molecular complexity index is 3570. The number of fused-ring (bicyclic) bond motifs is 2. The fourth-order valence-electron chi connectivity index (χ4n) is 9.68. The average molecular weight is 997 g/mol. The van der Waals surface area contributed by atoms with Crippen molar-refractivity contribution in [3.05, 3.63) is 255 Å². The molecule has 11 aromatic rings. The molecule has 0 spiro atoms. The Morgan fingerprint density at radius 3 is 0.743 bits per heavy atom. The molecule has 0 saturated heterocycles. The van der Waals surface area contributed by atoms with E-state index in [-0.39, 0.29) is 11.9 Å². The molecule has 0 aliphatic carbocycles. The van der Waals surface area contributed by atoms with E-state index in [1.54, 1.807) is 9.34 Å². The quantitative estimate of drug-likeness (QED) is 0.121. The van der Waals surface area contributed by atoms with Gasteiger partial charge in [0.1, 0.15) is 0 Å². The lowest BCUT2D eigenvalue weighted by atomic mass is 10.2. The highest BCUT2D eigenvalue weighted by atomic mass is 31.2. The molecule has 2 atom stereocenters. The highest BCUT2D eigenvalue weighted by molar-refractivity contribution is 7.76. The van der Waals surface area contributed by atoms with Crippen LogP contribution >= 0.6 is 14.9 Å². The van der Waals surface area contributed by atoms with Crippen LogP contribution in [0.4, 0.5) is 46.0 Å². The van der Waals surface area contributed by atoms with Crippen molar-refractivity contribution >= 4 is 71.5 Å². The predicted octanol–water partition coefficient (Wildman–Crippen LogP) is 14.3. The Hall–Kier alpha value is -9.34. The van der Waals surface area contributed by atoms with Crippen molar-refractivity contribution in [2.45, 2.75) is 0 Å². The first kappa shape index (κ1) is 44.6. The number of benzene rings is 9. The first-order valence-corrected chi connectivity index (χ1v) is 27.2. The average Bonchev–Trinajstić information content (AvgIpc) is 3.97. The van der Waals surface area contributed by atoms with Crippen LogP contribution < -0.4 is 29.3 Å². The topological polar surface area (TPSA) is 124 Å². The van der Waals surface area contributed by atoms with Crippen LogP contribution in [0.15, 0.2) is 255 Å². The van der Waals surface area contributed by atoms with Crippen molar-refractivity contribution < 1.29 is 9.13 Å². The van der Waals surface area contributed by atoms with E-state index >= 15 is 9.13 Å². The van der Waals surface area contributed by atoms with Gasteiger partial charge in [-0.15, -0.1) is 0 Å². The molecule has 9 aromatic carbocycles. The molecule has 2 aliphatic rings. The first-order chi connectivity index (χ1) is 36.5. The van der Waals surface area contributed by atoms with Gasteiger partial charge in [-0.2, -0.15) is 19.9 Å². The molecule has 354 valence electrons. The highest BCUT2D eigenvalue weighted by Crippen LogP contribution is 2.71. The summed E-state index contributed by atoms with van der Waals surface area (Å²) < 4.78 is 41.9. The van der Waals surface area contributed by atoms with Gasteiger partial charge >= 0.3 is 14.9 Å². The molecule has 0 radical (unpaired) electrons. The molecule has 2 aliphatic heterocycles. The molecule has 13 rings (SSSR count). The number of rotatable bonds is 10. The Kier molecular flexibility index (Phi) is 11.1. The van der Waals surface area contributed by atoms with E-state index in [4.69, 9.17) is 29.9 Å². The molecule has 0 N–H and O–H groups in total. The van der Waals surface area contributed by atoms with Crippen LogP contribution in [0.5, 0.6) is 0 Å². The van der Waals surface area contributed by atoms with Gasteiger partial charge in [-0.3, -0.25) is 18.5 Å². The van der Waals surface area contributed by atoms with Gasteiger partial charge in [0.15, 0.2) is 23.3 Å². The SMILES string of the molecule is O=P1(c2ccc(P3(=O)N(c4ccccc4)c4ccccc4N3c3nc(-c4ccccc4)nc(-c4ccccc4)n3)cc2)N(c2ccccc2)c2ccccc2N1c1nc(-c2ccccc2)nc(-c2ccccc2)n1. The van der Waals surface area contributed by atoms with Crippen LogP contribution in [-0.4, -0.2) is 29.9 Å². The molecule has 0 bridgehead atoms. The second-order valence-electron chi connectivity index (χ2n) is 17.5. The summed E-state index contributed by atoms with van der Waals surface area (Å²) in [5, 5.41) is 0.895. The van der Waals surface area contributed by atoms with Gasteiger partial charge in [0, 0.05) is 33.6 Å². The van der Waals surface area contributed by atoms with Gasteiger partial charge in [0.25, 0.3) is 0 Å². The van der Waals surface area contributed by atoms with Crippen molar-refractivity contribution in [2.24, 2.45) is 0 Å². The third kappa shape index (κ3) is 7.46. The monoisotopic (exact) mass is 996 g/mol. The number of nitrogens with zero attached hydrogens (tertiary/aromatic N) is 10. The molecule has 2 unspecified atom stereocenters. The number of hydrogen-bond donors (Lipinski definition) is 0. The third-order valence-electron chi connectivity index (χ3n) is 13.0. The lowest BCUT2D eigenvalue weighted by molar-refractivity contribution is 0.580. The van der Waals surface area contributed by atoms with E-state index < -0.39 is 14.9 Å². The Labute approximate surface area is 427 Å².